The normalized spacial score (nSPS) is 13.4. The van der Waals surface area contributed by atoms with Crippen LogP contribution in [0.3, 0.4) is 0 Å². The molecule has 0 fully saturated rings. The molecule has 0 saturated carbocycles. The first kappa shape index (κ1) is 16.6. The standard InChI is InChI=1S/C11H20N4O4S/c1-4-9(11-12-6-7-13-11)14-20(17,18)15(2)8-5-10(16)19-3/h6-7,9,14H,4-5,8H2,1-3H3,(H,12,13). The Kier molecular flexibility index (Phi) is 6.11. The van der Waals surface area contributed by atoms with Crippen LogP contribution in [0.15, 0.2) is 12.4 Å². The lowest BCUT2D eigenvalue weighted by atomic mass is 10.2. The predicted octanol–water partition coefficient (Wildman–Crippen LogP) is 0.190. The van der Waals surface area contributed by atoms with E-state index in [1.54, 1.807) is 12.4 Å². The maximum Gasteiger partial charge on any atom is 0.306 e. The lowest BCUT2D eigenvalue weighted by molar-refractivity contribution is -0.140. The summed E-state index contributed by atoms with van der Waals surface area (Å²) in [6.45, 7) is 1.90. The Morgan fingerprint density at radius 1 is 1.60 bits per heavy atom. The molecule has 1 aromatic rings. The third-order valence-corrected chi connectivity index (χ3v) is 4.40. The molecule has 0 spiro atoms. The summed E-state index contributed by atoms with van der Waals surface area (Å²) in [6, 6.07) is -0.435. The lowest BCUT2D eigenvalue weighted by Gasteiger charge is -2.21. The third kappa shape index (κ3) is 4.58. The zero-order valence-corrected chi connectivity index (χ0v) is 12.6. The number of carbonyl (C=O) groups is 1. The van der Waals surface area contributed by atoms with E-state index in [-0.39, 0.29) is 13.0 Å². The topological polar surface area (TPSA) is 104 Å². The van der Waals surface area contributed by atoms with E-state index in [1.165, 1.54) is 14.2 Å². The van der Waals surface area contributed by atoms with E-state index in [0.29, 0.717) is 12.2 Å². The quantitative estimate of drug-likeness (QED) is 0.667. The predicted molar refractivity (Wildman–Crippen MR) is 72.9 cm³/mol. The van der Waals surface area contributed by atoms with Crippen LogP contribution in [0.2, 0.25) is 0 Å². The van der Waals surface area contributed by atoms with Crippen molar-refractivity contribution in [3.05, 3.63) is 18.2 Å². The van der Waals surface area contributed by atoms with Crippen molar-refractivity contribution in [2.75, 3.05) is 20.7 Å². The number of aromatic amines is 1. The second-order valence-corrected chi connectivity index (χ2v) is 6.01. The van der Waals surface area contributed by atoms with Crippen LogP contribution in [0.1, 0.15) is 31.6 Å². The number of imidazole rings is 1. The fraction of sp³-hybridized carbons (Fsp3) is 0.636. The van der Waals surface area contributed by atoms with Crippen molar-refractivity contribution in [1.82, 2.24) is 19.0 Å². The summed E-state index contributed by atoms with van der Waals surface area (Å²) in [6.07, 6.45) is 3.75. The summed E-state index contributed by atoms with van der Waals surface area (Å²) in [5.74, 6) is 0.0996. The van der Waals surface area contributed by atoms with Gasteiger partial charge in [0.25, 0.3) is 10.2 Å². The highest BCUT2D eigenvalue weighted by Gasteiger charge is 2.24. The summed E-state index contributed by atoms with van der Waals surface area (Å²) in [4.78, 5) is 18.0. The van der Waals surface area contributed by atoms with Crippen molar-refractivity contribution in [2.45, 2.75) is 25.8 Å². The van der Waals surface area contributed by atoms with E-state index < -0.39 is 22.2 Å². The molecule has 1 unspecified atom stereocenters. The van der Waals surface area contributed by atoms with Crippen molar-refractivity contribution >= 4 is 16.2 Å². The number of carbonyl (C=O) groups excluding carboxylic acids is 1. The van der Waals surface area contributed by atoms with Gasteiger partial charge in [0.2, 0.25) is 0 Å². The molecule has 0 aliphatic rings. The third-order valence-electron chi connectivity index (χ3n) is 2.82. The molecular formula is C11H20N4O4S. The van der Waals surface area contributed by atoms with E-state index in [2.05, 4.69) is 19.4 Å². The summed E-state index contributed by atoms with van der Waals surface area (Å²) in [7, 11) is -1.02. The molecule has 1 rings (SSSR count). The van der Waals surface area contributed by atoms with Gasteiger partial charge in [-0.1, -0.05) is 6.92 Å². The number of hydrogen-bond acceptors (Lipinski definition) is 5. The second-order valence-electron chi connectivity index (χ2n) is 4.21. The van der Waals surface area contributed by atoms with Gasteiger partial charge in [-0.3, -0.25) is 4.79 Å². The summed E-state index contributed by atoms with van der Waals surface area (Å²) in [5.41, 5.74) is 0. The van der Waals surface area contributed by atoms with Gasteiger partial charge >= 0.3 is 5.97 Å². The number of H-pyrrole nitrogens is 1. The maximum atomic E-state index is 12.1. The van der Waals surface area contributed by atoms with Gasteiger partial charge in [0.05, 0.1) is 19.6 Å². The van der Waals surface area contributed by atoms with Crippen molar-refractivity contribution < 1.29 is 17.9 Å². The number of esters is 1. The second kappa shape index (κ2) is 7.36. The molecule has 0 aliphatic carbocycles. The van der Waals surface area contributed by atoms with Gasteiger partial charge in [0, 0.05) is 26.0 Å². The molecule has 2 N–H and O–H groups in total. The fourth-order valence-electron chi connectivity index (χ4n) is 1.54. The molecule has 1 aromatic heterocycles. The molecule has 0 aliphatic heterocycles. The SMILES string of the molecule is CCC(NS(=O)(=O)N(C)CCC(=O)OC)c1ncc[nH]1. The molecule has 0 bridgehead atoms. The number of methoxy groups -OCH3 is 1. The minimum atomic E-state index is -3.69. The Bertz CT molecular complexity index is 515. The lowest BCUT2D eigenvalue weighted by Crippen LogP contribution is -2.41. The highest BCUT2D eigenvalue weighted by molar-refractivity contribution is 7.87. The summed E-state index contributed by atoms with van der Waals surface area (Å²) >= 11 is 0. The van der Waals surface area contributed by atoms with Gasteiger partial charge < -0.3 is 9.72 Å². The molecule has 0 radical (unpaired) electrons. The molecule has 114 valence electrons. The summed E-state index contributed by atoms with van der Waals surface area (Å²) < 4.78 is 32.3. The van der Waals surface area contributed by atoms with Crippen LogP contribution in [0, 0.1) is 0 Å². The van der Waals surface area contributed by atoms with E-state index in [4.69, 9.17) is 0 Å². The van der Waals surface area contributed by atoms with Crippen molar-refractivity contribution in [2.24, 2.45) is 0 Å². The van der Waals surface area contributed by atoms with Crippen LogP contribution in [0.4, 0.5) is 0 Å². The van der Waals surface area contributed by atoms with Crippen LogP contribution in [0.5, 0.6) is 0 Å². The Morgan fingerprint density at radius 3 is 2.80 bits per heavy atom. The van der Waals surface area contributed by atoms with Gasteiger partial charge in [0.15, 0.2) is 0 Å². The van der Waals surface area contributed by atoms with Crippen LogP contribution in [-0.4, -0.2) is 49.4 Å². The minimum absolute atomic E-state index is 0.00541. The number of hydrogen-bond donors (Lipinski definition) is 2. The molecule has 9 heteroatoms. The monoisotopic (exact) mass is 304 g/mol. The summed E-state index contributed by atoms with van der Waals surface area (Å²) in [5, 5.41) is 0. The van der Waals surface area contributed by atoms with Crippen LogP contribution >= 0.6 is 0 Å². The number of ether oxygens (including phenoxy) is 1. The number of nitrogens with one attached hydrogen (secondary N) is 2. The van der Waals surface area contributed by atoms with Crippen molar-refractivity contribution in [1.29, 1.82) is 0 Å². The number of aromatic nitrogens is 2. The van der Waals surface area contributed by atoms with Gasteiger partial charge in [-0.15, -0.1) is 0 Å². The van der Waals surface area contributed by atoms with Gasteiger partial charge in [-0.05, 0) is 6.42 Å². The zero-order valence-electron chi connectivity index (χ0n) is 11.8. The average Bonchev–Trinajstić information content (AvgIpc) is 2.95. The van der Waals surface area contributed by atoms with Crippen LogP contribution < -0.4 is 4.72 Å². The maximum absolute atomic E-state index is 12.1. The van der Waals surface area contributed by atoms with E-state index in [1.807, 2.05) is 6.92 Å². The van der Waals surface area contributed by atoms with Gasteiger partial charge in [-0.25, -0.2) is 4.98 Å². The van der Waals surface area contributed by atoms with Crippen molar-refractivity contribution in [3.8, 4) is 0 Å². The molecule has 0 amide bonds. The van der Waals surface area contributed by atoms with Crippen LogP contribution in [-0.2, 0) is 19.7 Å². The first-order valence-electron chi connectivity index (χ1n) is 6.20. The van der Waals surface area contributed by atoms with Gasteiger partial charge in [-0.2, -0.15) is 17.4 Å². The molecule has 0 aromatic carbocycles. The Hall–Kier alpha value is -1.45. The average molecular weight is 304 g/mol. The molecular weight excluding hydrogens is 284 g/mol. The Labute approximate surface area is 118 Å². The van der Waals surface area contributed by atoms with E-state index in [0.717, 1.165) is 4.31 Å². The fourth-order valence-corrected chi connectivity index (χ4v) is 2.69. The highest BCUT2D eigenvalue weighted by Crippen LogP contribution is 2.13. The first-order chi connectivity index (χ1) is 9.40. The molecule has 1 atom stereocenters. The number of rotatable bonds is 8. The first-order valence-corrected chi connectivity index (χ1v) is 7.64. The Morgan fingerprint density at radius 2 is 2.30 bits per heavy atom. The smallest absolute Gasteiger partial charge is 0.306 e. The highest BCUT2D eigenvalue weighted by atomic mass is 32.2. The molecule has 0 saturated heterocycles. The molecule has 20 heavy (non-hydrogen) atoms. The largest absolute Gasteiger partial charge is 0.469 e. The zero-order chi connectivity index (χ0) is 15.2. The van der Waals surface area contributed by atoms with Crippen molar-refractivity contribution in [3.63, 3.8) is 0 Å². The van der Waals surface area contributed by atoms with E-state index in [9.17, 15) is 13.2 Å². The van der Waals surface area contributed by atoms with Gasteiger partial charge in [0.1, 0.15) is 5.82 Å². The molecule has 8 nitrogen and oxygen atoms in total. The molecule has 1 heterocycles. The van der Waals surface area contributed by atoms with Crippen LogP contribution in [0.25, 0.3) is 0 Å². The Balaban J connectivity index is 2.65. The van der Waals surface area contributed by atoms with E-state index >= 15 is 0 Å². The number of nitrogens with zero attached hydrogens (tertiary/aromatic N) is 2. The minimum Gasteiger partial charge on any atom is -0.469 e.